The Labute approximate surface area is 340 Å². The Morgan fingerprint density at radius 3 is 0.964 bits per heavy atom. The van der Waals surface area contributed by atoms with Gasteiger partial charge in [0, 0.05) is 0 Å². The van der Waals surface area contributed by atoms with Gasteiger partial charge >= 0.3 is 15.2 Å². The predicted molar refractivity (Wildman–Crippen MR) is 231 cm³/mol. The van der Waals surface area contributed by atoms with Crippen molar-refractivity contribution in [3.8, 4) is 0 Å². The molecule has 0 radical (unpaired) electrons. The first-order chi connectivity index (χ1) is 25.9. The summed E-state index contributed by atoms with van der Waals surface area (Å²) in [6.07, 6.45) is 14.0. The lowest BCUT2D eigenvalue weighted by Gasteiger charge is -2.46. The number of hydrogen-bond donors (Lipinski definition) is 1. The smallest absolute Gasteiger partial charge is 0.330 e. The highest BCUT2D eigenvalue weighted by atomic mass is 31.2. The summed E-state index contributed by atoms with van der Waals surface area (Å²) in [6, 6.07) is 0. The molecule has 0 amide bonds. The molecule has 12 atom stereocenters. The minimum atomic E-state index is -4.14. The molecule has 2 N–H and O–H groups in total. The molecule has 4 rings (SSSR count). The summed E-state index contributed by atoms with van der Waals surface area (Å²) in [5.74, 6) is 4.35. The summed E-state index contributed by atoms with van der Waals surface area (Å²) in [5.41, 5.74) is 6.03. The number of hydrogen-bond acceptors (Lipinski definition) is 7. The summed E-state index contributed by atoms with van der Waals surface area (Å²) in [6.45, 7) is 28.0. The molecule has 324 valence electrons. The second kappa shape index (κ2) is 21.7. The predicted octanol–water partition coefficient (Wildman–Crippen LogP) is 14.1. The maximum Gasteiger partial charge on any atom is 0.346 e. The van der Waals surface area contributed by atoms with E-state index in [2.05, 4.69) is 83.1 Å². The Hall–Kier alpha value is 0.260. The van der Waals surface area contributed by atoms with Crippen molar-refractivity contribution in [2.24, 2.45) is 76.7 Å². The topological polar surface area (TPSA) is 97.1 Å². The monoisotopic (exact) mass is 814 g/mol. The summed E-state index contributed by atoms with van der Waals surface area (Å²) < 4.78 is 62.7. The van der Waals surface area contributed by atoms with E-state index in [1.165, 1.54) is 0 Å². The van der Waals surface area contributed by atoms with Crippen LogP contribution in [0.1, 0.15) is 186 Å². The quantitative estimate of drug-likeness (QED) is 0.102. The van der Waals surface area contributed by atoms with Gasteiger partial charge in [-0.25, -0.2) is 0 Å². The molecule has 0 aliphatic heterocycles. The molecule has 4 fully saturated rings. The van der Waals surface area contributed by atoms with Crippen molar-refractivity contribution in [1.29, 1.82) is 0 Å². The van der Waals surface area contributed by atoms with Crippen molar-refractivity contribution < 1.29 is 27.2 Å². The Balaban J connectivity index is 1.92. The van der Waals surface area contributed by atoms with Gasteiger partial charge in [0.1, 0.15) is 0 Å². The van der Waals surface area contributed by atoms with Gasteiger partial charge in [0.15, 0.2) is 5.40 Å². The van der Waals surface area contributed by atoms with Crippen molar-refractivity contribution in [1.82, 2.24) is 0 Å². The Morgan fingerprint density at radius 1 is 0.455 bits per heavy atom. The van der Waals surface area contributed by atoms with Gasteiger partial charge in [0.05, 0.1) is 24.4 Å². The number of unbranched alkanes of at least 4 members (excludes halogenated alkanes) is 2. The molecule has 9 heteroatoms. The average Bonchev–Trinajstić information content (AvgIpc) is 3.07. The van der Waals surface area contributed by atoms with E-state index < -0.39 is 20.6 Å². The molecule has 0 spiro atoms. The van der Waals surface area contributed by atoms with Crippen molar-refractivity contribution in [3.05, 3.63) is 0 Å². The van der Waals surface area contributed by atoms with Crippen LogP contribution in [0.15, 0.2) is 0 Å². The highest BCUT2D eigenvalue weighted by Gasteiger charge is 2.57. The van der Waals surface area contributed by atoms with Gasteiger partial charge in [-0.05, 0) is 142 Å². The van der Waals surface area contributed by atoms with Crippen LogP contribution < -0.4 is 5.73 Å². The fraction of sp³-hybridized carbons (Fsp3) is 1.00. The lowest BCUT2D eigenvalue weighted by Crippen LogP contribution is -2.40. The third-order valence-electron chi connectivity index (χ3n) is 14.9. The van der Waals surface area contributed by atoms with Crippen LogP contribution in [0.25, 0.3) is 0 Å². The van der Waals surface area contributed by atoms with E-state index in [1.807, 2.05) is 0 Å². The molecule has 0 aromatic carbocycles. The first kappa shape index (κ1) is 47.9. The zero-order chi connectivity index (χ0) is 40.7. The van der Waals surface area contributed by atoms with Crippen LogP contribution in [-0.2, 0) is 27.2 Å². The van der Waals surface area contributed by atoms with Gasteiger partial charge in [-0.2, -0.15) is 0 Å². The molecule has 0 saturated heterocycles. The lowest BCUT2D eigenvalue weighted by molar-refractivity contribution is -0.0135. The Morgan fingerprint density at radius 2 is 0.727 bits per heavy atom. The standard InChI is InChI=1S/C46H89NO6P2/c1-30(2)38-21-17-34(9)26-42(38)50-54(48,51-43-27-35(10)18-22-39(43)31(3)4)46(16-14-13-15-25-47)55(49,52-44-28-36(11)19-23-40(44)32(5)6)53-45-29-37(12)20-24-41(45)33(7)8/h30-46H,13-29,47H2,1-12H3. The minimum absolute atomic E-state index is 0.232. The van der Waals surface area contributed by atoms with E-state index in [9.17, 15) is 0 Å². The van der Waals surface area contributed by atoms with Crippen LogP contribution in [0.5, 0.6) is 0 Å². The van der Waals surface area contributed by atoms with Crippen molar-refractivity contribution >= 4 is 15.2 Å². The third-order valence-corrected chi connectivity index (χ3v) is 20.8. The fourth-order valence-electron chi connectivity index (χ4n) is 11.2. The van der Waals surface area contributed by atoms with Gasteiger partial charge in [-0.1, -0.05) is 122 Å². The Bertz CT molecular complexity index is 1060. The average molecular weight is 814 g/mol. The molecule has 7 nitrogen and oxygen atoms in total. The molecule has 0 aromatic heterocycles. The van der Waals surface area contributed by atoms with E-state index in [4.69, 9.17) is 23.8 Å². The molecule has 4 saturated carbocycles. The molecule has 0 aromatic rings. The van der Waals surface area contributed by atoms with Crippen molar-refractivity contribution in [3.63, 3.8) is 0 Å². The molecule has 4 aliphatic rings. The van der Waals surface area contributed by atoms with E-state index in [0.29, 0.717) is 60.3 Å². The number of nitrogens with two attached hydrogens (primary N) is 1. The van der Waals surface area contributed by atoms with Crippen LogP contribution in [-0.4, -0.2) is 36.4 Å². The largest absolute Gasteiger partial charge is 0.346 e. The molecular formula is C46H89NO6P2. The maximum absolute atomic E-state index is 16.8. The first-order valence-electron chi connectivity index (χ1n) is 23.5. The van der Waals surface area contributed by atoms with Crippen LogP contribution in [0, 0.1) is 71.0 Å². The SMILES string of the molecule is CC1CCC(C(C)C)C(OP(=O)(OC2CC(C)CCC2C(C)C)C(CCCCCN)P(=O)(OC2CC(C)CCC2C(C)C)OC2CC(C)CCC2C(C)C)C1. The van der Waals surface area contributed by atoms with Gasteiger partial charge in [-0.15, -0.1) is 0 Å². The lowest BCUT2D eigenvalue weighted by atomic mass is 9.75. The van der Waals surface area contributed by atoms with Gasteiger partial charge in [0.25, 0.3) is 0 Å². The van der Waals surface area contributed by atoms with Gasteiger partial charge in [0.2, 0.25) is 0 Å². The summed E-state index contributed by atoms with van der Waals surface area (Å²) in [4.78, 5) is 0. The molecule has 0 heterocycles. The normalized spacial score (nSPS) is 38.0. The fourth-order valence-corrected chi connectivity index (χ4v) is 17.3. The van der Waals surface area contributed by atoms with Crippen LogP contribution >= 0.6 is 15.2 Å². The second-order valence-electron chi connectivity index (χ2n) is 21.1. The zero-order valence-corrected chi connectivity index (χ0v) is 39.5. The first-order valence-corrected chi connectivity index (χ1v) is 26.7. The third kappa shape index (κ3) is 13.1. The van der Waals surface area contributed by atoms with Crippen LogP contribution in [0.3, 0.4) is 0 Å². The summed E-state index contributed by atoms with van der Waals surface area (Å²) in [5, 5.41) is -0.983. The van der Waals surface area contributed by atoms with E-state index in [1.54, 1.807) is 0 Å². The molecule has 55 heavy (non-hydrogen) atoms. The highest BCUT2D eigenvalue weighted by molar-refractivity contribution is 7.72. The van der Waals surface area contributed by atoms with E-state index in [-0.39, 0.29) is 48.1 Å². The van der Waals surface area contributed by atoms with Gasteiger partial charge < -0.3 is 23.8 Å². The summed E-state index contributed by atoms with van der Waals surface area (Å²) in [7, 11) is -8.28. The van der Waals surface area contributed by atoms with E-state index >= 15 is 9.13 Å². The maximum atomic E-state index is 16.8. The number of rotatable bonds is 19. The molecule has 4 aliphatic carbocycles. The van der Waals surface area contributed by atoms with Gasteiger partial charge in [-0.3, -0.25) is 9.13 Å². The second-order valence-corrected chi connectivity index (χ2v) is 25.7. The minimum Gasteiger partial charge on any atom is -0.330 e. The van der Waals surface area contributed by atoms with Crippen LogP contribution in [0.4, 0.5) is 0 Å². The molecule has 0 bridgehead atoms. The summed E-state index contributed by atoms with van der Waals surface area (Å²) >= 11 is 0. The van der Waals surface area contributed by atoms with Crippen molar-refractivity contribution in [2.75, 3.05) is 6.54 Å². The Kier molecular flexibility index (Phi) is 18.9. The molecule has 12 unspecified atom stereocenters. The van der Waals surface area contributed by atoms with E-state index in [0.717, 1.165) is 96.3 Å². The molecular weight excluding hydrogens is 724 g/mol. The van der Waals surface area contributed by atoms with Crippen molar-refractivity contribution in [2.45, 2.75) is 216 Å². The van der Waals surface area contributed by atoms with Crippen LogP contribution in [0.2, 0.25) is 0 Å². The highest BCUT2D eigenvalue weighted by Crippen LogP contribution is 2.75. The zero-order valence-electron chi connectivity index (χ0n) is 37.8.